The van der Waals surface area contributed by atoms with Crippen molar-refractivity contribution >= 4 is 21.8 Å². The number of aromatic nitrogens is 4. The summed E-state index contributed by atoms with van der Waals surface area (Å²) < 4.78 is 10.9. The van der Waals surface area contributed by atoms with Crippen LogP contribution in [0, 0.1) is 32.9 Å². The van der Waals surface area contributed by atoms with Gasteiger partial charge in [-0.15, -0.1) is 35.7 Å². The molecule has 3 aromatic heterocycles. The van der Waals surface area contributed by atoms with Gasteiger partial charge in [-0.2, -0.15) is 16.7 Å². The summed E-state index contributed by atoms with van der Waals surface area (Å²) >= 11 is 0. The molecule has 0 aliphatic rings. The minimum absolute atomic E-state index is 0. The molecule has 6 heteroatoms. The van der Waals surface area contributed by atoms with Crippen molar-refractivity contribution in [1.82, 2.24) is 19.3 Å². The van der Waals surface area contributed by atoms with Crippen molar-refractivity contribution in [2.24, 2.45) is 0 Å². The second kappa shape index (κ2) is 14.4. The van der Waals surface area contributed by atoms with Gasteiger partial charge in [0.15, 0.2) is 0 Å². The third kappa shape index (κ3) is 6.68. The summed E-state index contributed by atoms with van der Waals surface area (Å²) in [5, 5.41) is 7.30. The number of unbranched alkanes of at least 4 members (excludes halogenated alkanes) is 1. The van der Waals surface area contributed by atoms with Gasteiger partial charge in [0.05, 0.1) is 5.69 Å². The summed E-state index contributed by atoms with van der Waals surface area (Å²) in [6, 6.07) is 37.1. The van der Waals surface area contributed by atoms with Crippen LogP contribution >= 0.6 is 0 Å². The summed E-state index contributed by atoms with van der Waals surface area (Å²) in [5.74, 6) is 2.15. The Morgan fingerprint density at radius 1 is 0.820 bits per heavy atom. The van der Waals surface area contributed by atoms with E-state index in [2.05, 4.69) is 132 Å². The standard InChI is InChI=1S/C44H44N4O.Pt/c1-8-10-14-32-24-35(48-31(5)43(30(4)46-48)33-15-12-11-13-16-33)27-37(25-32)49-36-18-19-38-39-26-34(44(6,7)9-2)17-20-40(39)47(41(38)28-36)42-23-29(3)21-22-45-42;/h11-13,15-26H,8-10,14H2,1-7H3;/q-2;+2. The number of benzene rings is 4. The number of aryl methyl sites for hydroxylation is 3. The van der Waals surface area contributed by atoms with Gasteiger partial charge in [0.2, 0.25) is 0 Å². The fourth-order valence-electron chi connectivity index (χ4n) is 6.79. The van der Waals surface area contributed by atoms with Gasteiger partial charge < -0.3 is 9.30 Å². The molecule has 0 aliphatic heterocycles. The van der Waals surface area contributed by atoms with Crippen LogP contribution in [0.5, 0.6) is 11.5 Å². The van der Waals surface area contributed by atoms with Gasteiger partial charge in [0, 0.05) is 34.5 Å². The largest absolute Gasteiger partial charge is 2.00 e. The maximum absolute atomic E-state index is 6.65. The fourth-order valence-corrected chi connectivity index (χ4v) is 6.79. The molecule has 0 saturated heterocycles. The Hall–Kier alpha value is -4.47. The Morgan fingerprint density at radius 3 is 2.36 bits per heavy atom. The Morgan fingerprint density at radius 2 is 1.62 bits per heavy atom. The smallest absolute Gasteiger partial charge is 0.509 e. The van der Waals surface area contributed by atoms with Gasteiger partial charge in [-0.1, -0.05) is 94.9 Å². The second-order valence-electron chi connectivity index (χ2n) is 13.8. The Kier molecular flexibility index (Phi) is 10.2. The monoisotopic (exact) mass is 839 g/mol. The summed E-state index contributed by atoms with van der Waals surface area (Å²) in [6.45, 7) is 15.4. The van der Waals surface area contributed by atoms with E-state index in [1.54, 1.807) is 0 Å². The van der Waals surface area contributed by atoms with Crippen LogP contribution in [0.2, 0.25) is 0 Å². The molecule has 0 unspecified atom stereocenters. The summed E-state index contributed by atoms with van der Waals surface area (Å²) in [5.41, 5.74) is 11.0. The first-order chi connectivity index (χ1) is 23.7. The number of nitrogens with zero attached hydrogens (tertiary/aromatic N) is 4. The number of pyridine rings is 1. The maximum atomic E-state index is 6.65. The number of hydrogen-bond donors (Lipinski definition) is 0. The summed E-state index contributed by atoms with van der Waals surface area (Å²) in [4.78, 5) is 4.79. The van der Waals surface area contributed by atoms with Crippen molar-refractivity contribution in [3.8, 4) is 34.1 Å². The third-order valence-electron chi connectivity index (χ3n) is 9.96. The number of fused-ring (bicyclic) bond motifs is 3. The predicted molar refractivity (Wildman–Crippen MR) is 201 cm³/mol. The first-order valence-corrected chi connectivity index (χ1v) is 17.5. The quantitative estimate of drug-likeness (QED) is 0.129. The van der Waals surface area contributed by atoms with E-state index in [0.717, 1.165) is 81.7 Å². The van der Waals surface area contributed by atoms with Gasteiger partial charge in [-0.3, -0.25) is 4.68 Å². The molecule has 256 valence electrons. The first kappa shape index (κ1) is 35.4. The van der Waals surface area contributed by atoms with Crippen LogP contribution in [0.3, 0.4) is 0 Å². The van der Waals surface area contributed by atoms with Crippen LogP contribution in [0.15, 0.2) is 91.1 Å². The van der Waals surface area contributed by atoms with Crippen LogP contribution < -0.4 is 4.74 Å². The topological polar surface area (TPSA) is 44.9 Å². The first-order valence-electron chi connectivity index (χ1n) is 17.5. The van der Waals surface area contributed by atoms with Gasteiger partial charge in [-0.25, -0.2) is 4.98 Å². The van der Waals surface area contributed by atoms with Crippen LogP contribution in [0.4, 0.5) is 0 Å². The van der Waals surface area contributed by atoms with E-state index >= 15 is 0 Å². The van der Waals surface area contributed by atoms with Crippen LogP contribution in [0.1, 0.15) is 75.0 Å². The Labute approximate surface area is 310 Å². The van der Waals surface area contributed by atoms with E-state index in [9.17, 15) is 0 Å². The minimum atomic E-state index is 0. The summed E-state index contributed by atoms with van der Waals surface area (Å²) in [7, 11) is 0. The van der Waals surface area contributed by atoms with E-state index in [-0.39, 0.29) is 26.5 Å². The molecule has 0 radical (unpaired) electrons. The van der Waals surface area contributed by atoms with Gasteiger partial charge in [0.1, 0.15) is 5.82 Å². The number of ether oxygens (including phenoxy) is 1. The Bertz CT molecular complexity index is 2300. The van der Waals surface area contributed by atoms with Crippen molar-refractivity contribution in [3.63, 3.8) is 0 Å². The molecule has 0 bridgehead atoms. The number of rotatable bonds is 10. The molecule has 0 saturated carbocycles. The van der Waals surface area contributed by atoms with E-state index in [0.29, 0.717) is 11.5 Å². The molecular weight excluding hydrogens is 796 g/mol. The average Bonchev–Trinajstić information content (AvgIpc) is 3.59. The van der Waals surface area contributed by atoms with E-state index in [4.69, 9.17) is 14.8 Å². The molecule has 7 rings (SSSR count). The molecule has 0 amide bonds. The normalized spacial score (nSPS) is 11.7. The van der Waals surface area contributed by atoms with Gasteiger partial charge >= 0.3 is 21.1 Å². The van der Waals surface area contributed by atoms with Gasteiger partial charge in [-0.05, 0) is 78.6 Å². The SMILES string of the molecule is CCCCc1cc(Oc2[c-]c3c(cc2)c2cc(C(C)(C)CC)ccc2n3-c2cc(C)ccn2)[c-]c(-n2nc(C)c(-c3ccccc3)c2C)c1.[Pt+2]. The predicted octanol–water partition coefficient (Wildman–Crippen LogP) is 11.4. The average molecular weight is 840 g/mol. The van der Waals surface area contributed by atoms with Crippen LogP contribution in [0.25, 0.3) is 44.4 Å². The molecule has 0 spiro atoms. The summed E-state index contributed by atoms with van der Waals surface area (Å²) in [6.07, 6.45) is 6.08. The second-order valence-corrected chi connectivity index (χ2v) is 13.8. The van der Waals surface area contributed by atoms with E-state index < -0.39 is 0 Å². The zero-order valence-corrected chi connectivity index (χ0v) is 32.3. The molecule has 3 heterocycles. The molecule has 50 heavy (non-hydrogen) atoms. The molecule has 0 fully saturated rings. The van der Waals surface area contributed by atoms with Crippen molar-refractivity contribution in [2.75, 3.05) is 0 Å². The van der Waals surface area contributed by atoms with Crippen molar-refractivity contribution in [1.29, 1.82) is 0 Å². The van der Waals surface area contributed by atoms with E-state index in [1.165, 1.54) is 16.5 Å². The third-order valence-corrected chi connectivity index (χ3v) is 9.96. The van der Waals surface area contributed by atoms with Crippen LogP contribution in [-0.2, 0) is 32.9 Å². The Balaban J connectivity index is 0.00000432. The molecular formula is C44H44N4OPt. The molecule has 0 N–H and O–H groups in total. The van der Waals surface area contributed by atoms with E-state index in [1.807, 2.05) is 29.1 Å². The van der Waals surface area contributed by atoms with Crippen molar-refractivity contribution in [2.45, 2.75) is 79.6 Å². The van der Waals surface area contributed by atoms with Crippen molar-refractivity contribution < 1.29 is 25.8 Å². The molecule has 5 nitrogen and oxygen atoms in total. The molecule has 0 aliphatic carbocycles. The molecule has 4 aromatic carbocycles. The van der Waals surface area contributed by atoms with Crippen molar-refractivity contribution in [3.05, 3.63) is 131 Å². The maximum Gasteiger partial charge on any atom is 2.00 e. The zero-order chi connectivity index (χ0) is 34.3. The zero-order valence-electron chi connectivity index (χ0n) is 30.0. The molecule has 7 aromatic rings. The van der Waals surface area contributed by atoms with Gasteiger partial charge in [0.25, 0.3) is 0 Å². The number of hydrogen-bond acceptors (Lipinski definition) is 3. The van der Waals surface area contributed by atoms with Crippen LogP contribution in [-0.4, -0.2) is 19.3 Å². The molecule has 0 atom stereocenters. The minimum Gasteiger partial charge on any atom is -0.509 e. The fraction of sp³-hybridized carbons (Fsp3) is 0.273.